The number of halogens is 1. The summed E-state index contributed by atoms with van der Waals surface area (Å²) in [5.74, 6) is 1.91. The van der Waals surface area contributed by atoms with Crippen LogP contribution in [0.25, 0.3) is 11.0 Å². The van der Waals surface area contributed by atoms with Crippen LogP contribution < -0.4 is 10.6 Å². The minimum Gasteiger partial charge on any atom is -0.356 e. The van der Waals surface area contributed by atoms with Gasteiger partial charge in [0, 0.05) is 26.1 Å². The highest BCUT2D eigenvalue weighted by Gasteiger charge is 2.15. The maximum absolute atomic E-state index is 4.58. The van der Waals surface area contributed by atoms with Gasteiger partial charge in [-0.05, 0) is 25.0 Å². The smallest absolute Gasteiger partial charge is 0.191 e. The number of aromatic nitrogens is 2. The van der Waals surface area contributed by atoms with E-state index in [2.05, 4.69) is 31.7 Å². The molecule has 0 atom stereocenters. The summed E-state index contributed by atoms with van der Waals surface area (Å²) < 4.78 is 0. The van der Waals surface area contributed by atoms with Gasteiger partial charge in [0.1, 0.15) is 5.82 Å². The lowest BCUT2D eigenvalue weighted by molar-refractivity contribution is 0.613. The zero-order chi connectivity index (χ0) is 14.5. The molecule has 22 heavy (non-hydrogen) atoms. The monoisotopic (exact) mass is 413 g/mol. The highest BCUT2D eigenvalue weighted by Crippen LogP contribution is 2.17. The highest BCUT2D eigenvalue weighted by molar-refractivity contribution is 14.0. The van der Waals surface area contributed by atoms with Crippen molar-refractivity contribution in [2.24, 2.45) is 4.99 Å². The molecule has 6 heteroatoms. The van der Waals surface area contributed by atoms with Crippen molar-refractivity contribution in [3.05, 3.63) is 30.1 Å². The fourth-order valence-electron chi connectivity index (χ4n) is 2.88. The Morgan fingerprint density at radius 1 is 1.32 bits per heavy atom. The normalized spacial score (nSPS) is 15.8. The summed E-state index contributed by atoms with van der Waals surface area (Å²) in [5.41, 5.74) is 2.13. The number of benzene rings is 1. The van der Waals surface area contributed by atoms with E-state index in [1.165, 1.54) is 25.7 Å². The summed E-state index contributed by atoms with van der Waals surface area (Å²) in [6.07, 6.45) is 6.02. The summed E-state index contributed by atoms with van der Waals surface area (Å²) in [4.78, 5) is 12.2. The van der Waals surface area contributed by atoms with Crippen molar-refractivity contribution in [1.29, 1.82) is 0 Å². The molecule has 0 amide bonds. The molecule has 0 unspecified atom stereocenters. The maximum atomic E-state index is 4.58. The number of hydrogen-bond donors (Lipinski definition) is 3. The quantitative estimate of drug-likeness (QED) is 0.410. The van der Waals surface area contributed by atoms with Gasteiger partial charge >= 0.3 is 0 Å². The molecule has 5 nitrogen and oxygen atoms in total. The average molecular weight is 413 g/mol. The molecule has 0 bridgehead atoms. The van der Waals surface area contributed by atoms with Crippen LogP contribution in [0.4, 0.5) is 0 Å². The molecule has 0 spiro atoms. The Bertz CT molecular complexity index is 583. The van der Waals surface area contributed by atoms with E-state index in [1.54, 1.807) is 0 Å². The number of aromatic amines is 1. The predicted molar refractivity (Wildman–Crippen MR) is 102 cm³/mol. The molecule has 1 aromatic carbocycles. The molecule has 3 N–H and O–H groups in total. The van der Waals surface area contributed by atoms with Gasteiger partial charge in [0.25, 0.3) is 0 Å². The molecule has 0 saturated heterocycles. The molecule has 1 fully saturated rings. The Morgan fingerprint density at radius 2 is 2.09 bits per heavy atom. The lowest BCUT2D eigenvalue weighted by Gasteiger charge is -2.16. The van der Waals surface area contributed by atoms with Crippen molar-refractivity contribution in [3.8, 4) is 0 Å². The Labute approximate surface area is 148 Å². The van der Waals surface area contributed by atoms with Gasteiger partial charge in [-0.3, -0.25) is 4.99 Å². The third-order valence-electron chi connectivity index (χ3n) is 4.01. The summed E-state index contributed by atoms with van der Waals surface area (Å²) >= 11 is 0. The third-order valence-corrected chi connectivity index (χ3v) is 4.01. The fourth-order valence-corrected chi connectivity index (χ4v) is 2.88. The fraction of sp³-hybridized carbons (Fsp3) is 0.500. The molecular weight excluding hydrogens is 389 g/mol. The number of nitrogens with one attached hydrogen (secondary N) is 3. The van der Waals surface area contributed by atoms with Gasteiger partial charge in [0.2, 0.25) is 0 Å². The maximum Gasteiger partial charge on any atom is 0.191 e. The van der Waals surface area contributed by atoms with Crippen molar-refractivity contribution >= 4 is 41.0 Å². The molecule has 0 aliphatic heterocycles. The first-order chi connectivity index (χ1) is 10.3. The predicted octanol–water partition coefficient (Wildman–Crippen LogP) is 2.83. The molecule has 1 saturated carbocycles. The summed E-state index contributed by atoms with van der Waals surface area (Å²) in [7, 11) is 1.82. The van der Waals surface area contributed by atoms with Gasteiger partial charge in [-0.15, -0.1) is 24.0 Å². The van der Waals surface area contributed by atoms with E-state index in [1.807, 2.05) is 25.2 Å². The van der Waals surface area contributed by atoms with Crippen LogP contribution in [0.5, 0.6) is 0 Å². The first-order valence-corrected chi connectivity index (χ1v) is 7.76. The van der Waals surface area contributed by atoms with Crippen LogP contribution in [0.2, 0.25) is 0 Å². The summed E-state index contributed by atoms with van der Waals surface area (Å²) in [5, 5.41) is 6.85. The van der Waals surface area contributed by atoms with Gasteiger partial charge in [-0.1, -0.05) is 25.0 Å². The number of guanidine groups is 1. The van der Waals surface area contributed by atoms with E-state index in [4.69, 9.17) is 0 Å². The van der Waals surface area contributed by atoms with Gasteiger partial charge in [-0.2, -0.15) is 0 Å². The van der Waals surface area contributed by atoms with Crippen molar-refractivity contribution in [2.45, 2.75) is 38.1 Å². The Kier molecular flexibility index (Phi) is 6.48. The Balaban J connectivity index is 0.00000176. The van der Waals surface area contributed by atoms with E-state index in [0.29, 0.717) is 6.04 Å². The second-order valence-electron chi connectivity index (χ2n) is 5.58. The first-order valence-electron chi connectivity index (χ1n) is 7.76. The second-order valence-corrected chi connectivity index (χ2v) is 5.58. The SMILES string of the molecule is CN=C(NCCc1nc2ccccc2[nH]1)NC1CCCC1.I. The van der Waals surface area contributed by atoms with E-state index in [0.717, 1.165) is 35.8 Å². The number of aliphatic imine (C=N–C) groups is 1. The number of nitrogens with zero attached hydrogens (tertiary/aromatic N) is 2. The lowest BCUT2D eigenvalue weighted by Crippen LogP contribution is -2.43. The van der Waals surface area contributed by atoms with Crippen LogP contribution in [0.3, 0.4) is 0 Å². The summed E-state index contributed by atoms with van der Waals surface area (Å²) in [6, 6.07) is 8.71. The van der Waals surface area contributed by atoms with Gasteiger partial charge in [0.05, 0.1) is 11.0 Å². The minimum atomic E-state index is 0. The largest absolute Gasteiger partial charge is 0.356 e. The molecule has 1 aliphatic rings. The van der Waals surface area contributed by atoms with Crippen LogP contribution in [-0.4, -0.2) is 35.6 Å². The molecule has 2 aromatic rings. The van der Waals surface area contributed by atoms with E-state index in [-0.39, 0.29) is 24.0 Å². The average Bonchev–Trinajstić information content (AvgIpc) is 3.14. The van der Waals surface area contributed by atoms with Crippen LogP contribution in [0.15, 0.2) is 29.3 Å². The minimum absolute atomic E-state index is 0. The van der Waals surface area contributed by atoms with Gasteiger partial charge in [0.15, 0.2) is 5.96 Å². The number of para-hydroxylation sites is 2. The number of hydrogen-bond acceptors (Lipinski definition) is 2. The van der Waals surface area contributed by atoms with Crippen molar-refractivity contribution in [3.63, 3.8) is 0 Å². The zero-order valence-corrected chi connectivity index (χ0v) is 15.3. The molecule has 0 radical (unpaired) electrons. The topological polar surface area (TPSA) is 65.1 Å². The van der Waals surface area contributed by atoms with E-state index >= 15 is 0 Å². The molecule has 120 valence electrons. The highest BCUT2D eigenvalue weighted by atomic mass is 127. The lowest BCUT2D eigenvalue weighted by atomic mass is 10.2. The standard InChI is InChI=1S/C16H23N5.HI/c1-17-16(19-12-6-2-3-7-12)18-11-10-15-20-13-8-4-5-9-14(13)21-15;/h4-5,8-9,12H,2-3,6-7,10-11H2,1H3,(H,20,21)(H2,17,18,19);1H. The first kappa shape index (κ1) is 17.1. The molecule has 1 heterocycles. The van der Waals surface area contributed by atoms with Crippen LogP contribution in [0.1, 0.15) is 31.5 Å². The Morgan fingerprint density at radius 3 is 2.82 bits per heavy atom. The molecule has 3 rings (SSSR count). The van der Waals surface area contributed by atoms with Gasteiger partial charge in [-0.25, -0.2) is 4.98 Å². The number of rotatable bonds is 4. The van der Waals surface area contributed by atoms with Gasteiger partial charge < -0.3 is 15.6 Å². The van der Waals surface area contributed by atoms with Crippen molar-refractivity contribution in [2.75, 3.05) is 13.6 Å². The van der Waals surface area contributed by atoms with Crippen molar-refractivity contribution < 1.29 is 0 Å². The van der Waals surface area contributed by atoms with Crippen LogP contribution in [-0.2, 0) is 6.42 Å². The zero-order valence-electron chi connectivity index (χ0n) is 12.9. The second kappa shape index (κ2) is 8.36. The van der Waals surface area contributed by atoms with Crippen molar-refractivity contribution in [1.82, 2.24) is 20.6 Å². The molecular formula is C16H24IN5. The number of imidazole rings is 1. The summed E-state index contributed by atoms with van der Waals surface area (Å²) in [6.45, 7) is 0.826. The molecule has 1 aromatic heterocycles. The van der Waals surface area contributed by atoms with Crippen LogP contribution >= 0.6 is 24.0 Å². The van der Waals surface area contributed by atoms with Crippen LogP contribution in [0, 0.1) is 0 Å². The Hall–Kier alpha value is -1.31. The number of H-pyrrole nitrogens is 1. The van der Waals surface area contributed by atoms with E-state index < -0.39 is 0 Å². The number of fused-ring (bicyclic) bond motifs is 1. The molecule has 1 aliphatic carbocycles. The third kappa shape index (κ3) is 4.34. The van der Waals surface area contributed by atoms with E-state index in [9.17, 15) is 0 Å².